The van der Waals surface area contributed by atoms with Crippen molar-refractivity contribution in [2.45, 2.75) is 28.5 Å². The Hall–Kier alpha value is -4.16. The average Bonchev–Trinajstić information content (AvgIpc) is 3.50. The lowest BCUT2D eigenvalue weighted by atomic mass is 9.56. The van der Waals surface area contributed by atoms with Gasteiger partial charge >= 0.3 is 0 Å². The molecule has 3 aromatic rings. The van der Waals surface area contributed by atoms with Crippen LogP contribution in [0.2, 0.25) is 0 Å². The summed E-state index contributed by atoms with van der Waals surface area (Å²) in [4.78, 5) is 54.9. The molecule has 0 bridgehead atoms. The summed E-state index contributed by atoms with van der Waals surface area (Å²) in [5.41, 5.74) is 3.09. The molecule has 0 aromatic heterocycles. The van der Waals surface area contributed by atoms with Gasteiger partial charge in [0.15, 0.2) is 9.75 Å². The van der Waals surface area contributed by atoms with E-state index in [0.717, 1.165) is 16.0 Å². The number of allylic oxidation sites excluding steroid dienone is 2. The first-order chi connectivity index (χ1) is 25.0. The minimum atomic E-state index is -1.96. The molecule has 2 heterocycles. The number of fused-ring (bicyclic) bond motifs is 4. The molecule has 52 heavy (non-hydrogen) atoms. The molecule has 2 aliphatic carbocycles. The molecule has 7 rings (SSSR count). The number of likely N-dealkylation sites (tertiary alicyclic amines) is 1. The number of imide groups is 2. The van der Waals surface area contributed by atoms with Crippen LogP contribution in [0.5, 0.6) is 17.2 Å². The van der Waals surface area contributed by atoms with Crippen molar-refractivity contribution in [2.24, 2.45) is 17.8 Å². The van der Waals surface area contributed by atoms with Crippen LogP contribution in [0.3, 0.4) is 0 Å². The zero-order valence-corrected chi connectivity index (χ0v) is 31.4. The van der Waals surface area contributed by atoms with Crippen LogP contribution in [0.4, 0.5) is 5.69 Å². The van der Waals surface area contributed by atoms with E-state index in [1.807, 2.05) is 48.6 Å². The molecule has 4 aliphatic rings. The molecule has 13 heteroatoms. The second kappa shape index (κ2) is 14.0. The van der Waals surface area contributed by atoms with Crippen LogP contribution in [-0.2, 0) is 19.2 Å². The fraction of sp³-hybridized carbons (Fsp3) is 0.333. The number of anilines is 1. The lowest BCUT2D eigenvalue weighted by molar-refractivity contribution is -0.138. The fourth-order valence-electron chi connectivity index (χ4n) is 8.25. The summed E-state index contributed by atoms with van der Waals surface area (Å²) >= 11 is 18.0. The number of aliphatic hydroxyl groups is 1. The van der Waals surface area contributed by atoms with Crippen LogP contribution in [-0.4, -0.2) is 76.3 Å². The van der Waals surface area contributed by atoms with Gasteiger partial charge in [-0.15, -0.1) is 23.2 Å². The second-order valence-corrected chi connectivity index (χ2v) is 14.9. The number of para-hydroxylation sites is 1. The summed E-state index contributed by atoms with van der Waals surface area (Å²) in [5, 5.41) is 9.52. The van der Waals surface area contributed by atoms with Crippen LogP contribution >= 0.6 is 39.1 Å². The molecule has 6 atom stereocenters. The van der Waals surface area contributed by atoms with E-state index >= 15 is 0 Å². The van der Waals surface area contributed by atoms with Gasteiger partial charge in [-0.05, 0) is 60.7 Å². The van der Waals surface area contributed by atoms with Crippen LogP contribution in [0.25, 0.3) is 12.2 Å². The molecule has 0 radical (unpaired) electrons. The van der Waals surface area contributed by atoms with Gasteiger partial charge in [0.25, 0.3) is 11.8 Å². The maximum Gasteiger partial charge on any atom is 0.254 e. The number of hydrogen-bond acceptors (Lipinski definition) is 8. The minimum Gasteiger partial charge on any atom is -0.497 e. The first-order valence-electron chi connectivity index (χ1n) is 16.7. The molecule has 270 valence electrons. The van der Waals surface area contributed by atoms with E-state index < -0.39 is 51.1 Å². The highest BCUT2D eigenvalue weighted by molar-refractivity contribution is 9.09. The maximum atomic E-state index is 14.5. The summed E-state index contributed by atoms with van der Waals surface area (Å²) in [7, 11) is 3.19. The lowest BCUT2D eigenvalue weighted by Gasteiger charge is -2.51. The Balaban J connectivity index is 1.24. The second-order valence-electron chi connectivity index (χ2n) is 13.1. The van der Waals surface area contributed by atoms with Gasteiger partial charge in [-0.2, -0.15) is 0 Å². The van der Waals surface area contributed by atoms with E-state index in [-0.39, 0.29) is 37.4 Å². The number of carbonyl (C=O) groups excluding carboxylic acids is 4. The number of methoxy groups -OCH3 is 2. The third kappa shape index (κ3) is 5.47. The van der Waals surface area contributed by atoms with Crippen LogP contribution < -0.4 is 19.1 Å². The number of rotatable bonds is 10. The molecular weight excluding hydrogens is 775 g/mol. The monoisotopic (exact) mass is 808 g/mol. The van der Waals surface area contributed by atoms with Gasteiger partial charge in [-0.1, -0.05) is 70.1 Å². The van der Waals surface area contributed by atoms with Gasteiger partial charge in [-0.25, -0.2) is 0 Å². The molecule has 1 N–H and O–H groups in total. The van der Waals surface area contributed by atoms with Crippen molar-refractivity contribution < 1.29 is 38.5 Å². The van der Waals surface area contributed by atoms with Gasteiger partial charge in [0, 0.05) is 17.0 Å². The van der Waals surface area contributed by atoms with Crippen molar-refractivity contribution in [1.82, 2.24) is 4.90 Å². The first kappa shape index (κ1) is 36.2. The highest BCUT2D eigenvalue weighted by atomic mass is 79.9. The van der Waals surface area contributed by atoms with Gasteiger partial charge in [0.05, 0.1) is 43.8 Å². The average molecular weight is 811 g/mol. The van der Waals surface area contributed by atoms with Crippen molar-refractivity contribution in [3.8, 4) is 17.2 Å². The van der Waals surface area contributed by atoms with E-state index in [4.69, 9.17) is 37.4 Å². The van der Waals surface area contributed by atoms with Gasteiger partial charge in [0.2, 0.25) is 11.8 Å². The Labute approximate surface area is 319 Å². The van der Waals surface area contributed by atoms with Crippen LogP contribution in [0.15, 0.2) is 78.4 Å². The van der Waals surface area contributed by atoms with Crippen molar-refractivity contribution in [3.63, 3.8) is 0 Å². The van der Waals surface area contributed by atoms with Crippen molar-refractivity contribution in [2.75, 3.05) is 37.8 Å². The quantitative estimate of drug-likeness (QED) is 0.0850. The molecular formula is C39H35BrCl2N2O8. The summed E-state index contributed by atoms with van der Waals surface area (Å²) in [6.45, 7) is -0.278. The Morgan fingerprint density at radius 2 is 1.65 bits per heavy atom. The number of nitrogens with zero attached hydrogens (tertiary/aromatic N) is 2. The maximum absolute atomic E-state index is 14.5. The first-order valence-corrected chi connectivity index (χ1v) is 18.6. The SMILES string of the molecule is COc1ccc(OC)c(C=Cc2ccc(N3C(=O)[C@H]4[C@H](CC=C5[C@H]4C[C@@]4(Cl)C(=O)N(CBr)C(=O)[C@@]4(Cl)[C@H]5c4ccccc4OCCO)C3=O)cc2)c1. The number of ether oxygens (including phenoxy) is 3. The molecule has 3 aromatic carbocycles. The Bertz CT molecular complexity index is 2020. The third-order valence-corrected chi connectivity index (χ3v) is 12.6. The highest BCUT2D eigenvalue weighted by Crippen LogP contribution is 2.66. The lowest BCUT2D eigenvalue weighted by Crippen LogP contribution is -2.60. The summed E-state index contributed by atoms with van der Waals surface area (Å²) < 4.78 is 16.7. The Morgan fingerprint density at radius 3 is 2.35 bits per heavy atom. The Morgan fingerprint density at radius 1 is 0.904 bits per heavy atom. The van der Waals surface area contributed by atoms with Crippen molar-refractivity contribution in [3.05, 3.63) is 95.1 Å². The third-order valence-electron chi connectivity index (χ3n) is 10.6. The standard InChI is InChI=1S/C39H35BrCl2N2O8/c1-50-25-13-16-30(51-2)23(19-25)10-7-22-8-11-24(12-9-22)44-34(46)28-15-14-26-29(32(28)35(44)47)20-38(41)36(48)43(21-40)37(49)39(38,42)33(26)27-5-3-4-6-31(27)52-18-17-45/h3-14,16,19,28-29,32-33,45H,15,17-18,20-21H2,1-2H3/t28-,29+,32-,33+,38+,39-/m0/s1. The predicted molar refractivity (Wildman–Crippen MR) is 200 cm³/mol. The number of aliphatic hydroxyl groups excluding tert-OH is 1. The largest absolute Gasteiger partial charge is 0.497 e. The van der Waals surface area contributed by atoms with Gasteiger partial charge in [-0.3, -0.25) is 29.0 Å². The van der Waals surface area contributed by atoms with E-state index in [0.29, 0.717) is 34.1 Å². The van der Waals surface area contributed by atoms with Gasteiger partial charge < -0.3 is 19.3 Å². The molecule has 2 saturated heterocycles. The van der Waals surface area contributed by atoms with E-state index in [1.165, 1.54) is 4.90 Å². The predicted octanol–water partition coefficient (Wildman–Crippen LogP) is 6.16. The van der Waals surface area contributed by atoms with Crippen LogP contribution in [0.1, 0.15) is 35.4 Å². The minimum absolute atomic E-state index is 0.0235. The number of hydrogen-bond donors (Lipinski definition) is 1. The zero-order valence-electron chi connectivity index (χ0n) is 28.3. The summed E-state index contributed by atoms with van der Waals surface area (Å²) in [6.07, 6.45) is 5.76. The van der Waals surface area contributed by atoms with Crippen molar-refractivity contribution >= 4 is 80.6 Å². The summed E-state index contributed by atoms with van der Waals surface area (Å²) in [5.74, 6) is -3.59. The Kier molecular flexibility index (Phi) is 9.75. The number of amides is 4. The topological polar surface area (TPSA) is 123 Å². The molecule has 1 saturated carbocycles. The van der Waals surface area contributed by atoms with Gasteiger partial charge in [0.1, 0.15) is 23.9 Å². The van der Waals surface area contributed by atoms with E-state index in [1.54, 1.807) is 50.6 Å². The smallest absolute Gasteiger partial charge is 0.254 e. The molecule has 3 fully saturated rings. The number of halogens is 3. The number of carbonyl (C=O) groups is 4. The van der Waals surface area contributed by atoms with E-state index in [2.05, 4.69) is 15.9 Å². The van der Waals surface area contributed by atoms with Crippen LogP contribution in [0, 0.1) is 17.8 Å². The normalized spacial score (nSPS) is 28.2. The molecule has 0 spiro atoms. The molecule has 4 amide bonds. The summed E-state index contributed by atoms with van der Waals surface area (Å²) in [6, 6.07) is 19.5. The number of benzene rings is 3. The molecule has 2 aliphatic heterocycles. The molecule has 0 unspecified atom stereocenters. The fourth-order valence-corrected chi connectivity index (χ4v) is 9.67. The molecule has 10 nitrogen and oxygen atoms in total. The van der Waals surface area contributed by atoms with Crippen molar-refractivity contribution in [1.29, 1.82) is 0 Å². The zero-order chi connectivity index (χ0) is 36.9. The van der Waals surface area contributed by atoms with E-state index in [9.17, 15) is 24.3 Å². The highest BCUT2D eigenvalue weighted by Gasteiger charge is 2.76. The number of alkyl halides is 3.